The van der Waals surface area contributed by atoms with E-state index in [1.807, 2.05) is 0 Å². The zero-order valence-electron chi connectivity index (χ0n) is 7.44. The number of halogens is 2. The molecule has 1 aliphatic heterocycles. The fourth-order valence-corrected chi connectivity index (χ4v) is 1.86. The Kier molecular flexibility index (Phi) is 2.66. The Hall–Kier alpha value is -1.08. The number of benzene rings is 1. The molecule has 15 heavy (non-hydrogen) atoms. The van der Waals surface area contributed by atoms with Gasteiger partial charge in [0.25, 0.3) is 0 Å². The third-order valence-electron chi connectivity index (χ3n) is 1.99. The van der Waals surface area contributed by atoms with E-state index in [4.69, 9.17) is 29.0 Å². The first kappa shape index (κ1) is 10.4. The number of nitrogens with one attached hydrogen (secondary N) is 1. The average molecular weight is 248 g/mol. The Morgan fingerprint density at radius 2 is 2.27 bits per heavy atom. The van der Waals surface area contributed by atoms with Gasteiger partial charge in [-0.05, 0) is 6.07 Å². The number of nitrogens with zero attached hydrogens (tertiary/aromatic N) is 3. The molecule has 1 aliphatic rings. The first-order valence-corrected chi connectivity index (χ1v) is 4.78. The zero-order chi connectivity index (χ0) is 11.0. The number of hydrogen-bond acceptors (Lipinski definition) is 5. The maximum Gasteiger partial charge on any atom is 0.164 e. The van der Waals surface area contributed by atoms with E-state index in [9.17, 15) is 5.21 Å². The van der Waals surface area contributed by atoms with Gasteiger partial charge in [0.05, 0.1) is 10.6 Å². The van der Waals surface area contributed by atoms with Gasteiger partial charge >= 0.3 is 0 Å². The van der Waals surface area contributed by atoms with Gasteiger partial charge in [-0.2, -0.15) is 0 Å². The quantitative estimate of drug-likeness (QED) is 0.343. The highest BCUT2D eigenvalue weighted by Gasteiger charge is 2.24. The summed E-state index contributed by atoms with van der Waals surface area (Å²) < 4.78 is 0. The molecule has 0 bridgehead atoms. The Balaban J connectivity index is 2.54. The zero-order valence-corrected chi connectivity index (χ0v) is 8.96. The maximum atomic E-state index is 11.5. The van der Waals surface area contributed by atoms with Crippen LogP contribution in [0.4, 0.5) is 5.69 Å². The average Bonchev–Trinajstić information content (AvgIpc) is 2.19. The third kappa shape index (κ3) is 1.84. The van der Waals surface area contributed by atoms with Crippen LogP contribution in [0, 0.1) is 5.21 Å². The molecule has 1 aromatic rings. The molecule has 3 N–H and O–H groups in total. The highest BCUT2D eigenvalue weighted by molar-refractivity contribution is 6.35. The maximum absolute atomic E-state index is 11.5. The van der Waals surface area contributed by atoms with Crippen LogP contribution in [0.15, 0.2) is 17.4 Å². The number of nitrogens with two attached hydrogens (primary N) is 1. The van der Waals surface area contributed by atoms with Gasteiger partial charge in [-0.3, -0.25) is 0 Å². The summed E-state index contributed by atoms with van der Waals surface area (Å²) in [6, 6.07) is 3.07. The summed E-state index contributed by atoms with van der Waals surface area (Å²) in [7, 11) is 0. The van der Waals surface area contributed by atoms with Crippen molar-refractivity contribution < 1.29 is 4.86 Å². The molecule has 0 spiro atoms. The van der Waals surface area contributed by atoms with Crippen LogP contribution in [0.1, 0.15) is 5.56 Å². The van der Waals surface area contributed by atoms with Gasteiger partial charge in [0.1, 0.15) is 5.22 Å². The molecular formula is C7H7Cl2N5O. The van der Waals surface area contributed by atoms with Crippen molar-refractivity contribution in [1.82, 2.24) is 10.7 Å². The van der Waals surface area contributed by atoms with E-state index in [-0.39, 0.29) is 0 Å². The largest absolute Gasteiger partial charge is 0.691 e. The summed E-state index contributed by atoms with van der Waals surface area (Å²) in [5.41, 5.74) is 3.21. The molecule has 0 radical (unpaired) electrons. The second-order valence-electron chi connectivity index (χ2n) is 2.93. The highest BCUT2D eigenvalue weighted by Crippen LogP contribution is 2.33. The van der Waals surface area contributed by atoms with Crippen LogP contribution in [0.3, 0.4) is 0 Å². The van der Waals surface area contributed by atoms with Crippen LogP contribution >= 0.6 is 23.2 Å². The minimum absolute atomic E-state index is 0.306. The van der Waals surface area contributed by atoms with Crippen molar-refractivity contribution in [3.8, 4) is 0 Å². The van der Waals surface area contributed by atoms with Crippen molar-refractivity contribution >= 4 is 28.9 Å². The molecule has 0 amide bonds. The van der Waals surface area contributed by atoms with Crippen molar-refractivity contribution in [2.24, 2.45) is 11.1 Å². The minimum Gasteiger partial charge on any atom is -0.691 e. The van der Waals surface area contributed by atoms with E-state index in [1.165, 1.54) is 11.2 Å². The summed E-state index contributed by atoms with van der Waals surface area (Å²) >= 11 is 11.7. The first-order chi connectivity index (χ1) is 7.11. The van der Waals surface area contributed by atoms with E-state index in [0.717, 1.165) is 0 Å². The fourth-order valence-electron chi connectivity index (χ4n) is 1.32. The smallest absolute Gasteiger partial charge is 0.164 e. The Bertz CT molecular complexity index is 436. The molecule has 0 aromatic heterocycles. The topological polar surface area (TPSA) is 79.7 Å². The molecule has 1 aromatic carbocycles. The van der Waals surface area contributed by atoms with Crippen molar-refractivity contribution in [2.45, 2.75) is 6.54 Å². The van der Waals surface area contributed by atoms with Crippen LogP contribution in [-0.2, 0) is 6.54 Å². The van der Waals surface area contributed by atoms with E-state index in [2.05, 4.69) is 10.8 Å². The van der Waals surface area contributed by atoms with Crippen LogP contribution in [-0.4, -0.2) is 9.98 Å². The van der Waals surface area contributed by atoms with Gasteiger partial charge < -0.3 is 5.21 Å². The molecule has 0 fully saturated rings. The van der Waals surface area contributed by atoms with Gasteiger partial charge in [-0.15, -0.1) is 4.86 Å². The molecular weight excluding hydrogens is 241 g/mol. The summed E-state index contributed by atoms with van der Waals surface area (Å²) in [6.07, 6.45) is 0. The molecule has 2 rings (SSSR count). The summed E-state index contributed by atoms with van der Waals surface area (Å²) in [5.74, 6) is 5.15. The molecule has 80 valence electrons. The van der Waals surface area contributed by atoms with Crippen molar-refractivity contribution in [3.05, 3.63) is 32.9 Å². The predicted molar refractivity (Wildman–Crippen MR) is 55.0 cm³/mol. The third-order valence-corrected chi connectivity index (χ3v) is 2.54. The van der Waals surface area contributed by atoms with Crippen molar-refractivity contribution in [1.29, 1.82) is 0 Å². The van der Waals surface area contributed by atoms with Gasteiger partial charge in [-0.25, -0.2) is 5.84 Å². The Labute approximate surface area is 95.4 Å². The van der Waals surface area contributed by atoms with E-state index < -0.39 is 0 Å². The molecule has 1 heterocycles. The minimum atomic E-state index is 0.306. The molecule has 0 saturated heterocycles. The number of hydrazine groups is 2. The summed E-state index contributed by atoms with van der Waals surface area (Å²) in [6.45, 7) is 0.306. The number of fused-ring (bicyclic) bond motifs is 1. The molecule has 0 unspecified atom stereocenters. The predicted octanol–water partition coefficient (Wildman–Crippen LogP) is 1.70. The number of rotatable bonds is 1. The summed E-state index contributed by atoms with van der Waals surface area (Å²) in [4.78, 5) is 0.413. The lowest BCUT2D eigenvalue weighted by molar-refractivity contribution is -0.472. The van der Waals surface area contributed by atoms with Gasteiger partial charge in [0.2, 0.25) is 0 Å². The Morgan fingerprint density at radius 3 is 2.93 bits per heavy atom. The fraction of sp³-hybridized carbons (Fsp3) is 0.143. The molecule has 0 saturated carbocycles. The molecule has 0 atom stereocenters. The Morgan fingerprint density at radius 1 is 1.53 bits per heavy atom. The standard InChI is InChI=1S/C7H7Cl2N5O/c8-4-1-6(9)5-3-13(11-10)12-14(15)7(5)2-4/h1-2,11H,3,10H2. The van der Waals surface area contributed by atoms with Gasteiger partial charge in [-0.1, -0.05) is 33.9 Å². The SMILES string of the molecule is NNN1Cc2c(Cl)cc(Cl)cc2[N+]([O-])=N1. The van der Waals surface area contributed by atoms with Crippen LogP contribution in [0.25, 0.3) is 0 Å². The van der Waals surface area contributed by atoms with Gasteiger partial charge in [0.15, 0.2) is 12.2 Å². The highest BCUT2D eigenvalue weighted by atomic mass is 35.5. The van der Waals surface area contributed by atoms with Crippen molar-refractivity contribution in [2.75, 3.05) is 0 Å². The van der Waals surface area contributed by atoms with E-state index >= 15 is 0 Å². The number of hydrogen-bond donors (Lipinski definition) is 2. The van der Waals surface area contributed by atoms with E-state index in [0.29, 0.717) is 32.7 Å². The molecule has 0 aliphatic carbocycles. The normalized spacial score (nSPS) is 14.9. The summed E-state index contributed by atoms with van der Waals surface area (Å²) in [5, 5.41) is 17.0. The van der Waals surface area contributed by atoms with Crippen LogP contribution in [0.5, 0.6) is 0 Å². The molecule has 8 heteroatoms. The van der Waals surface area contributed by atoms with E-state index in [1.54, 1.807) is 6.07 Å². The van der Waals surface area contributed by atoms with Crippen LogP contribution in [0.2, 0.25) is 10.0 Å². The van der Waals surface area contributed by atoms with Crippen LogP contribution < -0.4 is 11.4 Å². The second-order valence-corrected chi connectivity index (χ2v) is 3.78. The lowest BCUT2D eigenvalue weighted by Gasteiger charge is -2.20. The van der Waals surface area contributed by atoms with Gasteiger partial charge in [0, 0.05) is 11.1 Å². The monoisotopic (exact) mass is 247 g/mol. The molecule has 6 nitrogen and oxygen atoms in total. The lowest BCUT2D eigenvalue weighted by atomic mass is 10.1. The van der Waals surface area contributed by atoms with Crippen molar-refractivity contribution in [3.63, 3.8) is 0 Å². The lowest BCUT2D eigenvalue weighted by Crippen LogP contribution is -2.40. The second kappa shape index (κ2) is 3.82. The first-order valence-electron chi connectivity index (χ1n) is 4.02.